The van der Waals surface area contributed by atoms with Crippen molar-refractivity contribution in [3.8, 4) is 10.6 Å². The second kappa shape index (κ2) is 7.44. The van der Waals surface area contributed by atoms with Crippen molar-refractivity contribution in [2.75, 3.05) is 6.54 Å². The number of imidazole rings is 1. The molecule has 3 heterocycles. The highest BCUT2D eigenvalue weighted by Crippen LogP contribution is 2.34. The standard InChI is InChI=1S/C23H22N4OS/c1-26-19-12-6-5-11-17(19)24-21(26)20-13-7-8-14-27(20)23(28)18-15-29-22(25-18)16-9-3-2-4-10-16/h2-6,9-12,15,20H,7-8,13-14H2,1H3/t20-/m0/s1. The minimum atomic E-state index is -0.0180. The molecule has 0 unspecified atom stereocenters. The summed E-state index contributed by atoms with van der Waals surface area (Å²) in [6, 6.07) is 18.1. The molecule has 0 saturated carbocycles. The number of thiazole rings is 1. The van der Waals surface area contributed by atoms with E-state index >= 15 is 0 Å². The van der Waals surface area contributed by atoms with Crippen LogP contribution < -0.4 is 0 Å². The second-order valence-corrected chi connectivity index (χ2v) is 8.29. The van der Waals surface area contributed by atoms with E-state index in [0.29, 0.717) is 5.69 Å². The molecule has 0 spiro atoms. The van der Waals surface area contributed by atoms with Crippen LogP contribution in [-0.2, 0) is 7.05 Å². The van der Waals surface area contributed by atoms with Crippen molar-refractivity contribution >= 4 is 28.3 Å². The first kappa shape index (κ1) is 18.1. The van der Waals surface area contributed by atoms with Gasteiger partial charge in [-0.2, -0.15) is 0 Å². The van der Waals surface area contributed by atoms with E-state index in [1.165, 1.54) is 11.3 Å². The molecular weight excluding hydrogens is 380 g/mol. The van der Waals surface area contributed by atoms with Crippen LogP contribution >= 0.6 is 11.3 Å². The SMILES string of the molecule is Cn1c([C@@H]2CCCCN2C(=O)c2csc(-c3ccccc3)n2)nc2ccccc21. The summed E-state index contributed by atoms with van der Waals surface area (Å²) in [5, 5.41) is 2.76. The summed E-state index contributed by atoms with van der Waals surface area (Å²) in [5.74, 6) is 0.956. The molecule has 1 aliphatic rings. The average Bonchev–Trinajstić information content (AvgIpc) is 3.40. The zero-order chi connectivity index (χ0) is 19.8. The first-order valence-corrected chi connectivity index (χ1v) is 10.8. The lowest BCUT2D eigenvalue weighted by atomic mass is 10.0. The van der Waals surface area contributed by atoms with Gasteiger partial charge in [0.05, 0.1) is 17.1 Å². The molecule has 6 heteroatoms. The summed E-state index contributed by atoms with van der Waals surface area (Å²) in [6.45, 7) is 0.741. The van der Waals surface area contributed by atoms with Crippen molar-refractivity contribution < 1.29 is 4.79 Å². The van der Waals surface area contributed by atoms with Gasteiger partial charge in [-0.1, -0.05) is 42.5 Å². The summed E-state index contributed by atoms with van der Waals surface area (Å²) < 4.78 is 2.13. The number of piperidine rings is 1. The number of para-hydroxylation sites is 2. The number of fused-ring (bicyclic) bond motifs is 1. The van der Waals surface area contributed by atoms with Crippen molar-refractivity contribution in [3.63, 3.8) is 0 Å². The van der Waals surface area contributed by atoms with Crippen LogP contribution in [0.15, 0.2) is 60.0 Å². The van der Waals surface area contributed by atoms with E-state index in [9.17, 15) is 4.79 Å². The minimum Gasteiger partial charge on any atom is -0.329 e. The van der Waals surface area contributed by atoms with E-state index in [-0.39, 0.29) is 11.9 Å². The van der Waals surface area contributed by atoms with E-state index in [1.54, 1.807) is 0 Å². The van der Waals surface area contributed by atoms with Crippen LogP contribution in [-0.4, -0.2) is 31.9 Å². The lowest BCUT2D eigenvalue weighted by Gasteiger charge is -2.34. The van der Waals surface area contributed by atoms with Gasteiger partial charge in [-0.15, -0.1) is 11.3 Å². The fourth-order valence-corrected chi connectivity index (χ4v) is 4.94. The van der Waals surface area contributed by atoms with Crippen LogP contribution in [0.2, 0.25) is 0 Å². The van der Waals surface area contributed by atoms with Gasteiger partial charge in [-0.25, -0.2) is 9.97 Å². The van der Waals surface area contributed by atoms with Crippen molar-refractivity contribution in [1.82, 2.24) is 19.4 Å². The third kappa shape index (κ3) is 3.23. The monoisotopic (exact) mass is 402 g/mol. The van der Waals surface area contributed by atoms with E-state index in [2.05, 4.69) is 15.6 Å². The Morgan fingerprint density at radius 2 is 1.83 bits per heavy atom. The topological polar surface area (TPSA) is 51.0 Å². The summed E-state index contributed by atoms with van der Waals surface area (Å²) in [4.78, 5) is 24.9. The molecule has 0 radical (unpaired) electrons. The highest BCUT2D eigenvalue weighted by Gasteiger charge is 2.33. The third-order valence-corrected chi connectivity index (χ3v) is 6.52. The number of amides is 1. The summed E-state index contributed by atoms with van der Waals surface area (Å²) in [5.41, 5.74) is 3.64. The van der Waals surface area contributed by atoms with E-state index in [1.807, 2.05) is 65.9 Å². The van der Waals surface area contributed by atoms with Crippen LogP contribution in [0.4, 0.5) is 0 Å². The molecule has 4 aromatic rings. The van der Waals surface area contributed by atoms with Crippen LogP contribution in [0.5, 0.6) is 0 Å². The van der Waals surface area contributed by atoms with Gasteiger partial charge in [0.1, 0.15) is 16.5 Å². The molecule has 2 aromatic carbocycles. The molecule has 1 fully saturated rings. The molecule has 146 valence electrons. The maximum Gasteiger partial charge on any atom is 0.273 e. The predicted molar refractivity (Wildman–Crippen MR) is 116 cm³/mol. The molecule has 0 bridgehead atoms. The first-order chi connectivity index (χ1) is 14.2. The van der Waals surface area contributed by atoms with Gasteiger partial charge in [0, 0.05) is 24.5 Å². The number of rotatable bonds is 3. The molecular formula is C23H22N4OS. The van der Waals surface area contributed by atoms with Crippen LogP contribution in [0, 0.1) is 0 Å². The predicted octanol–water partition coefficient (Wildman–Crippen LogP) is 5.06. The molecule has 2 aromatic heterocycles. The molecule has 5 rings (SSSR count). The number of carbonyl (C=O) groups is 1. The molecule has 29 heavy (non-hydrogen) atoms. The van der Waals surface area contributed by atoms with Crippen molar-refractivity contribution in [1.29, 1.82) is 0 Å². The minimum absolute atomic E-state index is 0.000173. The van der Waals surface area contributed by atoms with Crippen LogP contribution in [0.3, 0.4) is 0 Å². The summed E-state index contributed by atoms with van der Waals surface area (Å²) >= 11 is 1.52. The average molecular weight is 403 g/mol. The number of nitrogens with zero attached hydrogens (tertiary/aromatic N) is 4. The first-order valence-electron chi connectivity index (χ1n) is 9.95. The zero-order valence-electron chi connectivity index (χ0n) is 16.3. The number of hydrogen-bond acceptors (Lipinski definition) is 4. The van der Waals surface area contributed by atoms with Crippen molar-refractivity contribution in [2.45, 2.75) is 25.3 Å². The quantitative estimate of drug-likeness (QED) is 0.481. The van der Waals surface area contributed by atoms with E-state index in [0.717, 1.165) is 53.2 Å². The molecule has 1 saturated heterocycles. The van der Waals surface area contributed by atoms with E-state index < -0.39 is 0 Å². The van der Waals surface area contributed by atoms with Crippen molar-refractivity contribution in [3.05, 3.63) is 71.5 Å². The van der Waals surface area contributed by atoms with Crippen LogP contribution in [0.1, 0.15) is 41.6 Å². The Labute approximate surface area is 173 Å². The number of benzene rings is 2. The smallest absolute Gasteiger partial charge is 0.273 e. The van der Waals surface area contributed by atoms with Gasteiger partial charge in [-0.3, -0.25) is 4.79 Å². The zero-order valence-corrected chi connectivity index (χ0v) is 17.1. The second-order valence-electron chi connectivity index (χ2n) is 7.43. The van der Waals surface area contributed by atoms with Crippen LogP contribution in [0.25, 0.3) is 21.6 Å². The van der Waals surface area contributed by atoms with Crippen molar-refractivity contribution in [2.24, 2.45) is 7.05 Å². The Balaban J connectivity index is 1.48. The Morgan fingerprint density at radius 1 is 1.03 bits per heavy atom. The molecule has 0 N–H and O–H groups in total. The summed E-state index contributed by atoms with van der Waals surface area (Å²) in [7, 11) is 2.04. The highest BCUT2D eigenvalue weighted by atomic mass is 32.1. The van der Waals surface area contributed by atoms with Gasteiger partial charge in [0.25, 0.3) is 5.91 Å². The molecule has 1 amide bonds. The largest absolute Gasteiger partial charge is 0.329 e. The Morgan fingerprint density at radius 3 is 2.66 bits per heavy atom. The number of hydrogen-bond donors (Lipinski definition) is 0. The maximum atomic E-state index is 13.4. The fraction of sp³-hybridized carbons (Fsp3) is 0.261. The van der Waals surface area contributed by atoms with E-state index in [4.69, 9.17) is 4.98 Å². The Hall–Kier alpha value is -2.99. The Kier molecular flexibility index (Phi) is 4.64. The highest BCUT2D eigenvalue weighted by molar-refractivity contribution is 7.13. The molecule has 5 nitrogen and oxygen atoms in total. The Bertz CT molecular complexity index is 1160. The fourth-order valence-electron chi connectivity index (χ4n) is 4.14. The van der Waals surface area contributed by atoms with Gasteiger partial charge >= 0.3 is 0 Å². The number of aromatic nitrogens is 3. The number of carbonyl (C=O) groups excluding carboxylic acids is 1. The van der Waals surface area contributed by atoms with Gasteiger partial charge < -0.3 is 9.47 Å². The van der Waals surface area contributed by atoms with Gasteiger partial charge in [0.2, 0.25) is 0 Å². The maximum absolute atomic E-state index is 13.4. The molecule has 1 aliphatic heterocycles. The van der Waals surface area contributed by atoms with Gasteiger partial charge in [-0.05, 0) is 31.4 Å². The summed E-state index contributed by atoms with van der Waals surface area (Å²) in [6.07, 6.45) is 3.05. The lowest BCUT2D eigenvalue weighted by Crippen LogP contribution is -2.39. The van der Waals surface area contributed by atoms with Gasteiger partial charge in [0.15, 0.2) is 0 Å². The molecule has 0 aliphatic carbocycles. The normalized spacial score (nSPS) is 17.0. The lowest BCUT2D eigenvalue weighted by molar-refractivity contribution is 0.0592. The molecule has 1 atom stereocenters. The number of likely N-dealkylation sites (tertiary alicyclic amines) is 1. The third-order valence-electron chi connectivity index (χ3n) is 5.63. The number of aryl methyl sites for hydroxylation is 1.